The summed E-state index contributed by atoms with van der Waals surface area (Å²) in [4.78, 5) is 18.5. The maximum Gasteiger partial charge on any atom is 0.573 e. The molecule has 0 atom stereocenters. The number of nitrogens with zero attached hydrogens (tertiary/aromatic N) is 2. The molecule has 1 aromatic heterocycles. The van der Waals surface area contributed by atoms with Crippen LogP contribution in [0.1, 0.15) is 0 Å². The molecule has 0 bridgehead atoms. The van der Waals surface area contributed by atoms with E-state index in [1.54, 1.807) is 12.1 Å². The highest BCUT2D eigenvalue weighted by Gasteiger charge is 2.35. The molecule has 5 nitrogen and oxygen atoms in total. The highest BCUT2D eigenvalue weighted by atomic mass is 32.1. The third-order valence-electron chi connectivity index (χ3n) is 4.24. The maximum absolute atomic E-state index is 13.7. The second kappa shape index (κ2) is 6.93. The average Bonchev–Trinajstić information content (AvgIpc) is 2.99. The highest BCUT2D eigenvalue weighted by Crippen LogP contribution is 2.34. The van der Waals surface area contributed by atoms with E-state index < -0.39 is 6.36 Å². The number of carbonyl (C=O) groups excluding carboxylic acids is 1. The third kappa shape index (κ3) is 3.86. The van der Waals surface area contributed by atoms with E-state index in [9.17, 15) is 22.4 Å². The van der Waals surface area contributed by atoms with Crippen LogP contribution in [0.3, 0.4) is 0 Å². The molecule has 0 spiro atoms. The van der Waals surface area contributed by atoms with Crippen LogP contribution in [0, 0.1) is 11.7 Å². The van der Waals surface area contributed by atoms with Gasteiger partial charge in [-0.2, -0.15) is 0 Å². The van der Waals surface area contributed by atoms with Crippen LogP contribution in [-0.4, -0.2) is 30.3 Å². The van der Waals surface area contributed by atoms with Gasteiger partial charge in [-0.1, -0.05) is 17.4 Å². The first kappa shape index (κ1) is 18.5. The van der Waals surface area contributed by atoms with Crippen molar-refractivity contribution in [2.24, 2.45) is 5.92 Å². The van der Waals surface area contributed by atoms with E-state index in [0.717, 1.165) is 16.8 Å². The van der Waals surface area contributed by atoms with E-state index in [1.165, 1.54) is 29.5 Å². The highest BCUT2D eigenvalue weighted by molar-refractivity contribution is 7.22. The Hall–Kier alpha value is -2.88. The number of benzene rings is 2. The van der Waals surface area contributed by atoms with Gasteiger partial charge in [0.25, 0.3) is 0 Å². The molecule has 0 saturated carbocycles. The van der Waals surface area contributed by atoms with Crippen molar-refractivity contribution in [2.45, 2.75) is 6.36 Å². The first-order valence-electron chi connectivity index (χ1n) is 8.25. The number of thiazole rings is 1. The first-order chi connectivity index (χ1) is 13.3. The van der Waals surface area contributed by atoms with Crippen molar-refractivity contribution in [1.82, 2.24) is 4.98 Å². The molecule has 1 amide bonds. The lowest BCUT2D eigenvalue weighted by atomic mass is 10.00. The molecule has 1 aliphatic rings. The molecule has 1 saturated heterocycles. The minimum absolute atomic E-state index is 0.243. The molecule has 28 heavy (non-hydrogen) atoms. The largest absolute Gasteiger partial charge is 0.573 e. The Morgan fingerprint density at radius 1 is 1.18 bits per heavy atom. The van der Waals surface area contributed by atoms with Crippen LogP contribution < -0.4 is 15.0 Å². The van der Waals surface area contributed by atoms with Gasteiger partial charge in [0.15, 0.2) is 5.13 Å². The SMILES string of the molecule is O=C(Nc1ccc(OC(F)(F)F)cc1)C1CN(c2nc3c(F)cccc3s2)C1. The molecule has 1 N–H and O–H groups in total. The van der Waals surface area contributed by atoms with Gasteiger partial charge in [0.05, 0.1) is 10.6 Å². The second-order valence-corrected chi connectivity index (χ2v) is 7.26. The van der Waals surface area contributed by atoms with Crippen LogP contribution in [0.4, 0.5) is 28.4 Å². The van der Waals surface area contributed by atoms with E-state index in [2.05, 4.69) is 15.0 Å². The lowest BCUT2D eigenvalue weighted by molar-refractivity contribution is -0.274. The molecule has 0 radical (unpaired) electrons. The summed E-state index contributed by atoms with van der Waals surface area (Å²) in [5.74, 6) is -1.27. The fourth-order valence-corrected chi connectivity index (χ4v) is 3.82. The summed E-state index contributed by atoms with van der Waals surface area (Å²) < 4.78 is 54.7. The van der Waals surface area contributed by atoms with E-state index >= 15 is 0 Å². The summed E-state index contributed by atoms with van der Waals surface area (Å²) >= 11 is 1.36. The molecule has 0 unspecified atom stereocenters. The van der Waals surface area contributed by atoms with Gasteiger partial charge >= 0.3 is 6.36 Å². The van der Waals surface area contributed by atoms with Crippen molar-refractivity contribution in [2.75, 3.05) is 23.3 Å². The zero-order chi connectivity index (χ0) is 19.9. The fourth-order valence-electron chi connectivity index (χ4n) is 2.82. The summed E-state index contributed by atoms with van der Waals surface area (Å²) in [7, 11) is 0. The number of anilines is 2. The molecule has 146 valence electrons. The Labute approximate surface area is 160 Å². The predicted octanol–water partition coefficient (Wildman–Crippen LogP) is 4.41. The fraction of sp³-hybridized carbons (Fsp3) is 0.222. The Morgan fingerprint density at radius 2 is 1.89 bits per heavy atom. The molecule has 2 aromatic carbocycles. The number of aromatic nitrogens is 1. The van der Waals surface area contributed by atoms with E-state index in [1.807, 2.05) is 4.90 Å². The summed E-state index contributed by atoms with van der Waals surface area (Å²) in [5, 5.41) is 3.31. The quantitative estimate of drug-likeness (QED) is 0.647. The van der Waals surface area contributed by atoms with Gasteiger partial charge in [0.1, 0.15) is 17.1 Å². The van der Waals surface area contributed by atoms with Gasteiger partial charge in [0, 0.05) is 18.8 Å². The van der Waals surface area contributed by atoms with Crippen molar-refractivity contribution in [3.05, 3.63) is 48.3 Å². The predicted molar refractivity (Wildman–Crippen MR) is 97.0 cm³/mol. The zero-order valence-corrected chi connectivity index (χ0v) is 15.0. The van der Waals surface area contributed by atoms with Crippen LogP contribution in [0.25, 0.3) is 10.2 Å². The molecular weight excluding hydrogens is 398 g/mol. The molecular formula is C18H13F4N3O2S. The number of ether oxygens (including phenoxy) is 1. The van der Waals surface area contributed by atoms with Crippen molar-refractivity contribution in [3.63, 3.8) is 0 Å². The number of hydrogen-bond donors (Lipinski definition) is 1. The van der Waals surface area contributed by atoms with E-state index in [0.29, 0.717) is 29.4 Å². The van der Waals surface area contributed by atoms with E-state index in [-0.39, 0.29) is 23.4 Å². The van der Waals surface area contributed by atoms with Gasteiger partial charge in [-0.3, -0.25) is 4.79 Å². The van der Waals surface area contributed by atoms with Crippen LogP contribution >= 0.6 is 11.3 Å². The van der Waals surface area contributed by atoms with Crippen molar-refractivity contribution < 1.29 is 27.1 Å². The molecule has 2 heterocycles. The number of carbonyl (C=O) groups is 1. The lowest BCUT2D eigenvalue weighted by Gasteiger charge is -2.37. The summed E-state index contributed by atoms with van der Waals surface area (Å²) in [6.07, 6.45) is -4.76. The Bertz CT molecular complexity index is 1010. The summed E-state index contributed by atoms with van der Waals surface area (Å²) in [6.45, 7) is 0.866. The van der Waals surface area contributed by atoms with E-state index in [4.69, 9.17) is 0 Å². The van der Waals surface area contributed by atoms with Crippen molar-refractivity contribution >= 4 is 38.3 Å². The molecule has 0 aliphatic carbocycles. The summed E-state index contributed by atoms with van der Waals surface area (Å²) in [5.41, 5.74) is 0.691. The molecule has 10 heteroatoms. The monoisotopic (exact) mass is 411 g/mol. The number of para-hydroxylation sites is 1. The minimum atomic E-state index is -4.76. The molecule has 1 fully saturated rings. The van der Waals surface area contributed by atoms with Gasteiger partial charge < -0.3 is 15.0 Å². The number of halogens is 4. The molecule has 3 aromatic rings. The lowest BCUT2D eigenvalue weighted by Crippen LogP contribution is -2.52. The second-order valence-electron chi connectivity index (χ2n) is 6.25. The molecule has 4 rings (SSSR count). The number of hydrogen-bond acceptors (Lipinski definition) is 5. The number of alkyl halides is 3. The van der Waals surface area contributed by atoms with Gasteiger partial charge in [-0.05, 0) is 36.4 Å². The molecule has 1 aliphatic heterocycles. The zero-order valence-electron chi connectivity index (χ0n) is 14.2. The van der Waals surface area contributed by atoms with Crippen LogP contribution in [0.15, 0.2) is 42.5 Å². The number of amides is 1. The number of rotatable bonds is 4. The van der Waals surface area contributed by atoms with Gasteiger partial charge in [-0.15, -0.1) is 13.2 Å². The third-order valence-corrected chi connectivity index (χ3v) is 5.32. The van der Waals surface area contributed by atoms with Crippen LogP contribution in [0.2, 0.25) is 0 Å². The first-order valence-corrected chi connectivity index (χ1v) is 9.07. The maximum atomic E-state index is 13.7. The van der Waals surface area contributed by atoms with Crippen molar-refractivity contribution in [1.29, 1.82) is 0 Å². The van der Waals surface area contributed by atoms with Crippen LogP contribution in [0.5, 0.6) is 5.75 Å². The normalized spacial score (nSPS) is 14.8. The van der Waals surface area contributed by atoms with Crippen LogP contribution in [-0.2, 0) is 4.79 Å². The Balaban J connectivity index is 1.34. The topological polar surface area (TPSA) is 54.5 Å². The number of fused-ring (bicyclic) bond motifs is 1. The van der Waals surface area contributed by atoms with Gasteiger partial charge in [-0.25, -0.2) is 9.37 Å². The van der Waals surface area contributed by atoms with Crippen molar-refractivity contribution in [3.8, 4) is 5.75 Å². The Kier molecular flexibility index (Phi) is 4.58. The average molecular weight is 411 g/mol. The Morgan fingerprint density at radius 3 is 2.54 bits per heavy atom. The van der Waals surface area contributed by atoms with Gasteiger partial charge in [0.2, 0.25) is 5.91 Å². The number of nitrogens with one attached hydrogen (secondary N) is 1. The smallest absolute Gasteiger partial charge is 0.406 e. The standard InChI is InChI=1S/C18H13F4N3O2S/c19-13-2-1-3-14-15(13)24-17(28-14)25-8-10(9-25)16(26)23-11-4-6-12(7-5-11)27-18(20,21)22/h1-7,10H,8-9H2,(H,23,26). The summed E-state index contributed by atoms with van der Waals surface area (Å²) in [6, 6.07) is 9.70. The minimum Gasteiger partial charge on any atom is -0.406 e.